The number of sulfonamides is 1. The molecule has 22 heavy (non-hydrogen) atoms. The highest BCUT2D eigenvalue weighted by Crippen LogP contribution is 2.22. The fourth-order valence-corrected chi connectivity index (χ4v) is 3.59. The Morgan fingerprint density at radius 2 is 2.14 bits per heavy atom. The van der Waals surface area contributed by atoms with Gasteiger partial charge in [0.15, 0.2) is 0 Å². The molecule has 1 aromatic heterocycles. The van der Waals surface area contributed by atoms with E-state index >= 15 is 0 Å². The van der Waals surface area contributed by atoms with E-state index in [9.17, 15) is 13.2 Å². The molecule has 1 aliphatic rings. The lowest BCUT2D eigenvalue weighted by Crippen LogP contribution is -2.39. The van der Waals surface area contributed by atoms with Crippen LogP contribution in [0.4, 0.5) is 0 Å². The molecule has 2 rings (SSSR count). The molecule has 122 valence electrons. The highest BCUT2D eigenvalue weighted by atomic mass is 32.2. The van der Waals surface area contributed by atoms with Gasteiger partial charge in [0.2, 0.25) is 10.0 Å². The van der Waals surface area contributed by atoms with Gasteiger partial charge in [-0.15, -0.1) is 0 Å². The third-order valence-corrected chi connectivity index (χ3v) is 5.07. The molecule has 1 saturated heterocycles. The first-order valence-corrected chi connectivity index (χ1v) is 9.10. The highest BCUT2D eigenvalue weighted by Gasteiger charge is 2.26. The maximum Gasteiger partial charge on any atom is 0.272 e. The molecular formula is C14H22N4O3S. The van der Waals surface area contributed by atoms with Gasteiger partial charge in [-0.05, 0) is 31.2 Å². The Hall–Kier alpha value is -1.54. The monoisotopic (exact) mass is 326 g/mol. The van der Waals surface area contributed by atoms with Gasteiger partial charge in [0.25, 0.3) is 5.91 Å². The van der Waals surface area contributed by atoms with Crippen LogP contribution < -0.4 is 0 Å². The Morgan fingerprint density at radius 3 is 2.77 bits per heavy atom. The molecule has 2 heterocycles. The number of amides is 1. The summed E-state index contributed by atoms with van der Waals surface area (Å²) >= 11 is 0. The Bertz CT molecular complexity index is 645. The van der Waals surface area contributed by atoms with Crippen molar-refractivity contribution < 1.29 is 13.2 Å². The molecule has 1 aromatic rings. The summed E-state index contributed by atoms with van der Waals surface area (Å²) in [5, 5.41) is 0. The minimum absolute atomic E-state index is 0.162. The van der Waals surface area contributed by atoms with E-state index in [1.165, 1.54) is 21.8 Å². The lowest BCUT2D eigenvalue weighted by Gasteiger charge is -2.30. The van der Waals surface area contributed by atoms with E-state index in [1.807, 2.05) is 0 Å². The summed E-state index contributed by atoms with van der Waals surface area (Å²) < 4.78 is 24.8. The van der Waals surface area contributed by atoms with Gasteiger partial charge < -0.3 is 4.90 Å². The Labute approximate surface area is 131 Å². The Balaban J connectivity index is 2.07. The molecule has 1 aliphatic heterocycles. The van der Waals surface area contributed by atoms with E-state index in [-0.39, 0.29) is 11.8 Å². The molecule has 0 radical (unpaired) electrons. The molecule has 0 N–H and O–H groups in total. The second kappa shape index (κ2) is 6.70. The zero-order valence-electron chi connectivity index (χ0n) is 13.2. The van der Waals surface area contributed by atoms with Crippen LogP contribution in [-0.2, 0) is 16.4 Å². The van der Waals surface area contributed by atoms with Crippen LogP contribution in [0.5, 0.6) is 0 Å². The van der Waals surface area contributed by atoms with Crippen molar-refractivity contribution in [2.24, 2.45) is 5.92 Å². The Kier molecular flexibility index (Phi) is 5.12. The van der Waals surface area contributed by atoms with Gasteiger partial charge in [0, 0.05) is 32.9 Å². The van der Waals surface area contributed by atoms with E-state index in [0.29, 0.717) is 25.2 Å². The van der Waals surface area contributed by atoms with Crippen LogP contribution in [0, 0.1) is 5.92 Å². The number of hydrogen-bond acceptors (Lipinski definition) is 5. The fourth-order valence-electron chi connectivity index (χ4n) is 2.65. The summed E-state index contributed by atoms with van der Waals surface area (Å²) in [4.78, 5) is 21.6. The van der Waals surface area contributed by atoms with E-state index in [2.05, 4.69) is 9.97 Å². The number of carbonyl (C=O) groups excluding carboxylic acids is 1. The van der Waals surface area contributed by atoms with E-state index in [4.69, 9.17) is 0 Å². The van der Waals surface area contributed by atoms with Crippen molar-refractivity contribution in [3.8, 4) is 0 Å². The van der Waals surface area contributed by atoms with E-state index < -0.39 is 10.0 Å². The third-order valence-electron chi connectivity index (χ3n) is 3.80. The smallest absolute Gasteiger partial charge is 0.272 e. The minimum Gasteiger partial charge on any atom is -0.343 e. The van der Waals surface area contributed by atoms with Crippen LogP contribution >= 0.6 is 0 Å². The van der Waals surface area contributed by atoms with Crippen molar-refractivity contribution in [1.82, 2.24) is 19.2 Å². The van der Waals surface area contributed by atoms with Crippen molar-refractivity contribution in [3.05, 3.63) is 23.8 Å². The highest BCUT2D eigenvalue weighted by molar-refractivity contribution is 7.88. The zero-order valence-corrected chi connectivity index (χ0v) is 14.0. The lowest BCUT2D eigenvalue weighted by atomic mass is 9.94. The van der Waals surface area contributed by atoms with Crippen LogP contribution in [0.25, 0.3) is 0 Å². The largest absolute Gasteiger partial charge is 0.343 e. The molecule has 1 atom stereocenters. The maximum absolute atomic E-state index is 11.9. The molecule has 1 fully saturated rings. The Morgan fingerprint density at radius 1 is 1.41 bits per heavy atom. The summed E-state index contributed by atoms with van der Waals surface area (Å²) in [6.07, 6.45) is 5.11. The average molecular weight is 326 g/mol. The second-order valence-electron chi connectivity index (χ2n) is 5.93. The number of nitrogens with zero attached hydrogens (tertiary/aromatic N) is 4. The van der Waals surface area contributed by atoms with Crippen LogP contribution in [0.3, 0.4) is 0 Å². The molecule has 0 saturated carbocycles. The van der Waals surface area contributed by atoms with Crippen molar-refractivity contribution in [2.75, 3.05) is 33.4 Å². The number of carbonyl (C=O) groups is 1. The van der Waals surface area contributed by atoms with Crippen molar-refractivity contribution >= 4 is 15.9 Å². The molecule has 0 spiro atoms. The normalized spacial score (nSPS) is 19.9. The molecule has 7 nitrogen and oxygen atoms in total. The molecule has 0 unspecified atom stereocenters. The third kappa shape index (κ3) is 4.23. The summed E-state index contributed by atoms with van der Waals surface area (Å²) in [6, 6.07) is 1.70. The van der Waals surface area contributed by atoms with Crippen LogP contribution in [0.1, 0.15) is 29.0 Å². The zero-order chi connectivity index (χ0) is 16.3. The first-order valence-electron chi connectivity index (χ1n) is 7.25. The molecular weight excluding hydrogens is 304 g/mol. The predicted octanol–water partition coefficient (Wildman–Crippen LogP) is 0.393. The minimum atomic E-state index is -3.14. The van der Waals surface area contributed by atoms with Crippen molar-refractivity contribution in [3.63, 3.8) is 0 Å². The van der Waals surface area contributed by atoms with Gasteiger partial charge in [-0.2, -0.15) is 0 Å². The van der Waals surface area contributed by atoms with Crippen LogP contribution in [0.2, 0.25) is 0 Å². The summed E-state index contributed by atoms with van der Waals surface area (Å²) in [5.41, 5.74) is 1.14. The second-order valence-corrected chi connectivity index (χ2v) is 7.91. The molecule has 0 bridgehead atoms. The standard InChI is InChI=1S/C14H22N4O3S/c1-17(2)14(19)13-8-12(15-10-16-13)7-11-5-4-6-18(9-11)22(3,20)21/h8,10-11H,4-7,9H2,1-3H3/t11-/m0/s1. The van der Waals surface area contributed by atoms with Crippen molar-refractivity contribution in [1.29, 1.82) is 0 Å². The van der Waals surface area contributed by atoms with Gasteiger partial charge in [0.1, 0.15) is 12.0 Å². The first kappa shape index (κ1) is 16.8. The van der Waals surface area contributed by atoms with Gasteiger partial charge in [-0.3, -0.25) is 4.79 Å². The molecule has 0 aliphatic carbocycles. The fraction of sp³-hybridized carbons (Fsp3) is 0.643. The summed E-state index contributed by atoms with van der Waals surface area (Å²) in [5.74, 6) is 0.0609. The first-order chi connectivity index (χ1) is 10.3. The summed E-state index contributed by atoms with van der Waals surface area (Å²) in [7, 11) is 0.208. The van der Waals surface area contributed by atoms with Crippen LogP contribution in [-0.4, -0.2) is 66.9 Å². The predicted molar refractivity (Wildman–Crippen MR) is 82.9 cm³/mol. The maximum atomic E-state index is 11.9. The van der Waals surface area contributed by atoms with Gasteiger partial charge in [-0.1, -0.05) is 0 Å². The number of aromatic nitrogens is 2. The number of hydrogen-bond donors (Lipinski definition) is 0. The number of rotatable bonds is 4. The lowest BCUT2D eigenvalue weighted by molar-refractivity contribution is 0.0821. The van der Waals surface area contributed by atoms with Gasteiger partial charge >= 0.3 is 0 Å². The van der Waals surface area contributed by atoms with Gasteiger partial charge in [-0.25, -0.2) is 22.7 Å². The quantitative estimate of drug-likeness (QED) is 0.799. The molecule has 8 heteroatoms. The molecule has 0 aromatic carbocycles. The van der Waals surface area contributed by atoms with Crippen molar-refractivity contribution in [2.45, 2.75) is 19.3 Å². The topological polar surface area (TPSA) is 83.5 Å². The van der Waals surface area contributed by atoms with E-state index in [0.717, 1.165) is 18.5 Å². The summed E-state index contributed by atoms with van der Waals surface area (Å²) in [6.45, 7) is 1.10. The van der Waals surface area contributed by atoms with Crippen LogP contribution in [0.15, 0.2) is 12.4 Å². The SMILES string of the molecule is CN(C)C(=O)c1cc(C[C@@H]2CCCN(S(C)(=O)=O)C2)ncn1. The molecule has 1 amide bonds. The van der Waals surface area contributed by atoms with E-state index in [1.54, 1.807) is 20.2 Å². The van der Waals surface area contributed by atoms with Gasteiger partial charge in [0.05, 0.1) is 6.26 Å². The average Bonchev–Trinajstić information content (AvgIpc) is 2.46. The number of piperidine rings is 1.